The van der Waals surface area contributed by atoms with Crippen molar-refractivity contribution in [3.63, 3.8) is 0 Å². The molecule has 0 fully saturated rings. The molecule has 4 aromatic rings. The largest absolute Gasteiger partial charge is 0.415 e. The van der Waals surface area contributed by atoms with Crippen LogP contribution in [0.25, 0.3) is 10.9 Å². The Morgan fingerprint density at radius 1 is 1.00 bits per heavy atom. The quantitative estimate of drug-likeness (QED) is 0.149. The van der Waals surface area contributed by atoms with Crippen LogP contribution in [0.1, 0.15) is 55.5 Å². The highest BCUT2D eigenvalue weighted by Gasteiger charge is 2.37. The van der Waals surface area contributed by atoms with Crippen molar-refractivity contribution < 1.29 is 9.22 Å². The lowest BCUT2D eigenvalue weighted by Crippen LogP contribution is -2.47. The van der Waals surface area contributed by atoms with E-state index in [2.05, 4.69) is 87.2 Å². The number of aromatic nitrogens is 3. The predicted molar refractivity (Wildman–Crippen MR) is 163 cm³/mol. The Hall–Kier alpha value is -2.71. The zero-order chi connectivity index (χ0) is 28.4. The van der Waals surface area contributed by atoms with E-state index in [1.165, 1.54) is 11.6 Å². The molecule has 0 saturated heterocycles. The fourth-order valence-corrected chi connectivity index (χ4v) is 5.80. The molecule has 0 spiro atoms. The van der Waals surface area contributed by atoms with Crippen LogP contribution in [0.3, 0.4) is 0 Å². The second-order valence-corrected chi connectivity index (χ2v) is 17.0. The summed E-state index contributed by atoms with van der Waals surface area (Å²) < 4.78 is 8.49. The molecule has 206 valence electrons. The molecule has 1 atom stereocenters. The lowest BCUT2D eigenvalue weighted by molar-refractivity contribution is 0.0941. The molecule has 2 aromatic heterocycles. The molecule has 0 aliphatic rings. The van der Waals surface area contributed by atoms with E-state index in [-0.39, 0.29) is 27.1 Å². The molecule has 6 nitrogen and oxygen atoms in total. The molecule has 1 unspecified atom stereocenters. The van der Waals surface area contributed by atoms with E-state index in [1.807, 2.05) is 28.9 Å². The maximum absolute atomic E-state index is 14.1. The van der Waals surface area contributed by atoms with Gasteiger partial charge in [0.2, 0.25) is 5.82 Å². The third-order valence-corrected chi connectivity index (χ3v) is 12.5. The topological polar surface area (TPSA) is 60.2 Å². The summed E-state index contributed by atoms with van der Waals surface area (Å²) in [4.78, 5) is 22.5. The van der Waals surface area contributed by atoms with Crippen LogP contribution in [0.4, 0.5) is 0 Å². The lowest BCUT2D eigenvalue weighted by Gasteiger charge is -2.37. The molecular formula is C30H36Cl2N4O2Si. The zero-order valence-corrected chi connectivity index (χ0v) is 25.9. The first-order valence-corrected chi connectivity index (χ1v) is 16.8. The van der Waals surface area contributed by atoms with Crippen molar-refractivity contribution in [2.45, 2.75) is 58.2 Å². The minimum absolute atomic E-state index is 0.0435. The minimum atomic E-state index is -2.05. The first-order valence-electron chi connectivity index (χ1n) is 13.2. The highest BCUT2D eigenvalue weighted by Crippen LogP contribution is 2.36. The Balaban J connectivity index is 1.78. The van der Waals surface area contributed by atoms with E-state index >= 15 is 0 Å². The van der Waals surface area contributed by atoms with Crippen LogP contribution in [0.15, 0.2) is 66.7 Å². The Labute approximate surface area is 242 Å². The van der Waals surface area contributed by atoms with Gasteiger partial charge in [0.25, 0.3) is 0 Å². The van der Waals surface area contributed by atoms with Crippen LogP contribution in [-0.2, 0) is 10.8 Å². The number of carbonyl (C=O) groups excluding carboxylic acids is 1. The van der Waals surface area contributed by atoms with Crippen molar-refractivity contribution >= 4 is 48.3 Å². The molecule has 39 heavy (non-hydrogen) atoms. The van der Waals surface area contributed by atoms with E-state index in [0.29, 0.717) is 13.2 Å². The van der Waals surface area contributed by atoms with Gasteiger partial charge in [-0.25, -0.2) is 15.0 Å². The number of amides is 1. The van der Waals surface area contributed by atoms with E-state index in [0.717, 1.165) is 23.0 Å². The molecule has 2 aromatic carbocycles. The fourth-order valence-electron chi connectivity index (χ4n) is 4.34. The summed E-state index contributed by atoms with van der Waals surface area (Å²) in [7, 11) is -2.05. The number of para-hydroxylation sites is 1. The Morgan fingerprint density at radius 2 is 1.62 bits per heavy atom. The Morgan fingerprint density at radius 3 is 2.26 bits per heavy atom. The summed E-state index contributed by atoms with van der Waals surface area (Å²) in [6.45, 7) is 13.9. The molecule has 9 heteroatoms. The summed E-state index contributed by atoms with van der Waals surface area (Å²) in [6, 6.07) is 22.0. The van der Waals surface area contributed by atoms with Crippen molar-refractivity contribution in [2.24, 2.45) is 0 Å². The van der Waals surface area contributed by atoms with Gasteiger partial charge >= 0.3 is 5.91 Å². The van der Waals surface area contributed by atoms with Gasteiger partial charge in [0.1, 0.15) is 10.3 Å². The molecule has 0 saturated carbocycles. The van der Waals surface area contributed by atoms with Crippen LogP contribution in [-0.4, -0.2) is 42.0 Å². The maximum Gasteiger partial charge on any atom is 0.310 e. The normalized spacial score (nSPS) is 13.0. The average molecular weight is 584 g/mol. The van der Waals surface area contributed by atoms with Gasteiger partial charge in [-0.3, -0.25) is 9.47 Å². The highest BCUT2D eigenvalue weighted by molar-refractivity contribution is 6.74. The van der Waals surface area contributed by atoms with Crippen molar-refractivity contribution in [3.05, 3.63) is 94.1 Å². The van der Waals surface area contributed by atoms with Crippen LogP contribution >= 0.6 is 23.2 Å². The summed E-state index contributed by atoms with van der Waals surface area (Å²) >= 11 is 12.3. The van der Waals surface area contributed by atoms with Crippen molar-refractivity contribution in [2.75, 3.05) is 18.2 Å². The summed E-state index contributed by atoms with van der Waals surface area (Å²) in [5, 5.41) is 2.99. The number of rotatable bonds is 9. The van der Waals surface area contributed by atoms with Gasteiger partial charge < -0.3 is 4.43 Å². The third-order valence-electron chi connectivity index (χ3n) is 7.55. The number of nitrogens with zero attached hydrogens (tertiary/aromatic N) is 4. The Kier molecular flexibility index (Phi) is 8.86. The average Bonchev–Trinajstić information content (AvgIpc) is 3.23. The van der Waals surface area contributed by atoms with Gasteiger partial charge in [0, 0.05) is 17.1 Å². The number of benzene rings is 2. The van der Waals surface area contributed by atoms with E-state index in [1.54, 1.807) is 5.01 Å². The summed E-state index contributed by atoms with van der Waals surface area (Å²) in [5.74, 6) is -0.223. The molecule has 0 bridgehead atoms. The lowest BCUT2D eigenvalue weighted by atomic mass is 9.96. The summed E-state index contributed by atoms with van der Waals surface area (Å²) in [6.07, 6.45) is 0.725. The van der Waals surface area contributed by atoms with Gasteiger partial charge in [-0.2, -0.15) is 0 Å². The van der Waals surface area contributed by atoms with E-state index in [4.69, 9.17) is 27.6 Å². The second-order valence-electron chi connectivity index (χ2n) is 11.4. The number of fused-ring (bicyclic) bond motifs is 1. The third kappa shape index (κ3) is 6.72. The first-order chi connectivity index (χ1) is 18.4. The predicted octanol–water partition coefficient (Wildman–Crippen LogP) is 7.88. The number of halogens is 2. The van der Waals surface area contributed by atoms with Crippen molar-refractivity contribution in [1.82, 2.24) is 14.6 Å². The fraction of sp³-hybridized carbons (Fsp3) is 0.367. The maximum atomic E-state index is 14.1. The van der Waals surface area contributed by atoms with Crippen molar-refractivity contribution in [3.8, 4) is 0 Å². The van der Waals surface area contributed by atoms with Gasteiger partial charge in [-0.15, -0.1) is 0 Å². The standard InChI is InChI=1S/C30H36Cl2N4O2Si/c1-21(22-12-8-7-9-13-22)18-24-19-23-14-10-11-15-25(23)36(24)35(16-17-38-39(5,6)30(2,3)4)29(37)28-33-26(31)20-27(32)34-28/h7-15,19-21H,16-18H2,1-6H3. The zero-order valence-electron chi connectivity index (χ0n) is 23.4. The summed E-state index contributed by atoms with van der Waals surface area (Å²) in [5.41, 5.74) is 3.15. The van der Waals surface area contributed by atoms with Gasteiger partial charge in [-0.1, -0.05) is 99.4 Å². The molecule has 0 N–H and O–H groups in total. The molecule has 0 aliphatic carbocycles. The van der Waals surface area contributed by atoms with Crippen LogP contribution in [0, 0.1) is 0 Å². The van der Waals surface area contributed by atoms with Gasteiger partial charge in [-0.05, 0) is 48.2 Å². The van der Waals surface area contributed by atoms with Crippen LogP contribution in [0.2, 0.25) is 28.4 Å². The highest BCUT2D eigenvalue weighted by atomic mass is 35.5. The smallest absolute Gasteiger partial charge is 0.310 e. The monoisotopic (exact) mass is 582 g/mol. The van der Waals surface area contributed by atoms with Gasteiger partial charge in [0.15, 0.2) is 8.32 Å². The van der Waals surface area contributed by atoms with Crippen molar-refractivity contribution in [1.29, 1.82) is 0 Å². The molecule has 1 amide bonds. The number of carbonyl (C=O) groups is 1. The van der Waals surface area contributed by atoms with E-state index < -0.39 is 14.2 Å². The SMILES string of the molecule is CC(Cc1cc2ccccc2n1N(CCO[Si](C)(C)C(C)(C)C)C(=O)c1nc(Cl)cc(Cl)n1)c1ccccc1. The van der Waals surface area contributed by atoms with E-state index in [9.17, 15) is 4.79 Å². The van der Waals surface area contributed by atoms with Crippen LogP contribution in [0.5, 0.6) is 0 Å². The Bertz CT molecular complexity index is 1430. The molecule has 2 heterocycles. The minimum Gasteiger partial charge on any atom is -0.415 e. The molecule has 4 rings (SSSR count). The molecular weight excluding hydrogens is 547 g/mol. The molecule has 0 radical (unpaired) electrons. The first kappa shape index (κ1) is 29.3. The second kappa shape index (κ2) is 11.8. The van der Waals surface area contributed by atoms with Crippen LogP contribution < -0.4 is 5.01 Å². The van der Waals surface area contributed by atoms with Gasteiger partial charge in [0.05, 0.1) is 18.7 Å². The molecule has 0 aliphatic heterocycles. The number of hydrogen-bond acceptors (Lipinski definition) is 4. The number of hydrogen-bond donors (Lipinski definition) is 0.